The maximum Gasteiger partial charge on any atom is 0.343 e. The van der Waals surface area contributed by atoms with Crippen LogP contribution in [0.3, 0.4) is 0 Å². The Labute approximate surface area is 177 Å². The lowest BCUT2D eigenvalue weighted by molar-refractivity contribution is -0.165. The summed E-state index contributed by atoms with van der Waals surface area (Å²) in [6, 6.07) is 3.29. The molecule has 2 atom stereocenters. The number of aromatic nitrogens is 4. The summed E-state index contributed by atoms with van der Waals surface area (Å²) in [4.78, 5) is 51.0. The van der Waals surface area contributed by atoms with Crippen LogP contribution < -0.4 is 11.0 Å². The fourth-order valence-electron chi connectivity index (χ4n) is 3.52. The minimum absolute atomic E-state index is 0.105. The minimum atomic E-state index is -0.814. The molecule has 0 unspecified atom stereocenters. The van der Waals surface area contributed by atoms with Crippen molar-refractivity contribution < 1.29 is 24.2 Å². The first-order chi connectivity index (χ1) is 15.0. The SMILES string of the molecule is Cn1c(CCNC(=O)[C@H]2OCC(=O)N(C3CC3)[C@@H]2c2cccnc2)n[nH]c1=O.O=CO. The fourth-order valence-corrected chi connectivity index (χ4v) is 3.52. The molecule has 0 spiro atoms. The van der Waals surface area contributed by atoms with E-state index in [1.807, 2.05) is 6.07 Å². The molecule has 166 valence electrons. The second-order valence-corrected chi connectivity index (χ2v) is 7.15. The van der Waals surface area contributed by atoms with Gasteiger partial charge in [0.05, 0.1) is 6.04 Å². The van der Waals surface area contributed by atoms with Crippen molar-refractivity contribution in [1.29, 1.82) is 0 Å². The van der Waals surface area contributed by atoms with Crippen LogP contribution in [0.1, 0.15) is 30.3 Å². The predicted octanol–water partition coefficient (Wildman–Crippen LogP) is -1.01. The third kappa shape index (κ3) is 5.15. The van der Waals surface area contributed by atoms with Gasteiger partial charge in [-0.1, -0.05) is 6.07 Å². The summed E-state index contributed by atoms with van der Waals surface area (Å²) in [7, 11) is 1.62. The van der Waals surface area contributed by atoms with Gasteiger partial charge in [-0.2, -0.15) is 5.10 Å². The topological polar surface area (TPSA) is 160 Å². The molecule has 0 radical (unpaired) electrons. The largest absolute Gasteiger partial charge is 0.483 e. The molecule has 2 aliphatic rings. The highest BCUT2D eigenvalue weighted by atomic mass is 16.5. The van der Waals surface area contributed by atoms with Crippen molar-refractivity contribution in [3.05, 3.63) is 46.4 Å². The number of hydrogen-bond acceptors (Lipinski definition) is 7. The molecule has 1 saturated carbocycles. The minimum Gasteiger partial charge on any atom is -0.483 e. The molecule has 12 nitrogen and oxygen atoms in total. The number of H-pyrrole nitrogens is 1. The molecule has 3 N–H and O–H groups in total. The number of nitrogens with one attached hydrogen (secondary N) is 2. The van der Waals surface area contributed by atoms with E-state index < -0.39 is 12.1 Å². The number of carboxylic acid groups (broad SMARTS) is 1. The summed E-state index contributed by atoms with van der Waals surface area (Å²) in [6.07, 6.45) is 4.78. The van der Waals surface area contributed by atoms with E-state index in [1.54, 1.807) is 30.4 Å². The highest BCUT2D eigenvalue weighted by molar-refractivity contribution is 5.86. The third-order valence-electron chi connectivity index (χ3n) is 5.11. The number of pyridine rings is 1. The Morgan fingerprint density at radius 1 is 1.42 bits per heavy atom. The maximum absolute atomic E-state index is 12.9. The number of morpholine rings is 1. The molecule has 31 heavy (non-hydrogen) atoms. The standard InChI is InChI=1S/C18H22N6O4.CH2O2/c1-23-13(21-22-18(23)27)6-8-20-17(26)16-15(11-3-2-7-19-9-11)24(12-4-5-12)14(25)10-28-16;2-1-3/h2-3,7,9,12,15-16H,4-6,8,10H2,1H3,(H,20,26)(H,22,27);1H,(H,2,3)/t15-,16+;/m1./s1. The van der Waals surface area contributed by atoms with Gasteiger partial charge in [-0.15, -0.1) is 0 Å². The second-order valence-electron chi connectivity index (χ2n) is 7.15. The quantitative estimate of drug-likeness (QED) is 0.490. The fraction of sp³-hybridized carbons (Fsp3) is 0.474. The van der Waals surface area contributed by atoms with Crippen molar-refractivity contribution in [2.75, 3.05) is 13.2 Å². The number of ether oxygens (including phenoxy) is 1. The zero-order chi connectivity index (χ0) is 22.4. The van der Waals surface area contributed by atoms with Crippen LogP contribution in [0.25, 0.3) is 0 Å². The van der Waals surface area contributed by atoms with Gasteiger partial charge in [0.25, 0.3) is 12.4 Å². The van der Waals surface area contributed by atoms with Crippen molar-refractivity contribution in [2.45, 2.75) is 37.5 Å². The van der Waals surface area contributed by atoms with Crippen molar-refractivity contribution in [3.63, 3.8) is 0 Å². The Bertz CT molecular complexity index is 970. The maximum atomic E-state index is 12.9. The average molecular weight is 432 g/mol. The van der Waals surface area contributed by atoms with Gasteiger partial charge in [-0.3, -0.25) is 23.9 Å². The van der Waals surface area contributed by atoms with Crippen molar-refractivity contribution in [1.82, 2.24) is 30.0 Å². The van der Waals surface area contributed by atoms with E-state index in [2.05, 4.69) is 20.5 Å². The van der Waals surface area contributed by atoms with Crippen molar-refractivity contribution >= 4 is 18.3 Å². The Balaban J connectivity index is 0.000000858. The van der Waals surface area contributed by atoms with E-state index in [1.165, 1.54) is 4.57 Å². The van der Waals surface area contributed by atoms with Gasteiger partial charge in [-0.05, 0) is 24.5 Å². The molecule has 1 aliphatic carbocycles. The molecule has 2 aromatic heterocycles. The highest BCUT2D eigenvalue weighted by Gasteiger charge is 2.47. The van der Waals surface area contributed by atoms with Gasteiger partial charge < -0.3 is 20.1 Å². The number of hydrogen-bond donors (Lipinski definition) is 3. The summed E-state index contributed by atoms with van der Waals surface area (Å²) in [5, 5.41) is 16.0. The lowest BCUT2D eigenvalue weighted by Crippen LogP contribution is -2.55. The van der Waals surface area contributed by atoms with Gasteiger partial charge in [-0.25, -0.2) is 9.89 Å². The van der Waals surface area contributed by atoms with Gasteiger partial charge in [0, 0.05) is 38.4 Å². The predicted molar refractivity (Wildman–Crippen MR) is 106 cm³/mol. The van der Waals surface area contributed by atoms with Crippen LogP contribution in [0.15, 0.2) is 29.3 Å². The summed E-state index contributed by atoms with van der Waals surface area (Å²) >= 11 is 0. The van der Waals surface area contributed by atoms with Crippen LogP contribution in [0.5, 0.6) is 0 Å². The summed E-state index contributed by atoms with van der Waals surface area (Å²) < 4.78 is 7.05. The number of amides is 2. The number of nitrogens with zero attached hydrogens (tertiary/aromatic N) is 4. The van der Waals surface area contributed by atoms with Gasteiger partial charge in [0.2, 0.25) is 5.91 Å². The van der Waals surface area contributed by atoms with Crippen LogP contribution in [0, 0.1) is 0 Å². The van der Waals surface area contributed by atoms with E-state index in [4.69, 9.17) is 14.6 Å². The Hall–Kier alpha value is -3.54. The Morgan fingerprint density at radius 3 is 2.74 bits per heavy atom. The summed E-state index contributed by atoms with van der Waals surface area (Å²) in [5.41, 5.74) is 0.476. The average Bonchev–Trinajstić information content (AvgIpc) is 3.56. The normalized spacial score (nSPS) is 20.5. The number of rotatable bonds is 6. The van der Waals surface area contributed by atoms with E-state index in [0.29, 0.717) is 18.8 Å². The Morgan fingerprint density at radius 2 is 2.16 bits per heavy atom. The first-order valence-corrected chi connectivity index (χ1v) is 9.76. The lowest BCUT2D eigenvalue weighted by Gasteiger charge is -2.40. The lowest BCUT2D eigenvalue weighted by atomic mass is 9.98. The highest BCUT2D eigenvalue weighted by Crippen LogP contribution is 2.39. The monoisotopic (exact) mass is 432 g/mol. The molecule has 12 heteroatoms. The first kappa shape index (κ1) is 22.2. The first-order valence-electron chi connectivity index (χ1n) is 9.76. The molecule has 3 heterocycles. The number of carbonyl (C=O) groups excluding carboxylic acids is 2. The Kier molecular flexibility index (Phi) is 7.13. The van der Waals surface area contributed by atoms with Crippen LogP contribution in [0.2, 0.25) is 0 Å². The molecule has 4 rings (SSSR count). The van der Waals surface area contributed by atoms with E-state index in [9.17, 15) is 14.4 Å². The van der Waals surface area contributed by atoms with Crippen LogP contribution in [-0.2, 0) is 32.6 Å². The van der Waals surface area contributed by atoms with E-state index in [-0.39, 0.29) is 36.6 Å². The molecule has 2 aromatic rings. The van der Waals surface area contributed by atoms with Gasteiger partial charge >= 0.3 is 5.69 Å². The number of aromatic amines is 1. The number of carbonyl (C=O) groups is 3. The van der Waals surface area contributed by atoms with Crippen molar-refractivity contribution in [2.24, 2.45) is 7.05 Å². The van der Waals surface area contributed by atoms with E-state index in [0.717, 1.165) is 18.4 Å². The molecule has 0 aromatic carbocycles. The third-order valence-corrected chi connectivity index (χ3v) is 5.11. The second kappa shape index (κ2) is 9.98. The molecular weight excluding hydrogens is 408 g/mol. The summed E-state index contributed by atoms with van der Waals surface area (Å²) in [6.45, 7) is -0.0623. The van der Waals surface area contributed by atoms with Gasteiger partial charge in [0.15, 0.2) is 6.10 Å². The van der Waals surface area contributed by atoms with Crippen molar-refractivity contribution in [3.8, 4) is 0 Å². The zero-order valence-corrected chi connectivity index (χ0v) is 16.9. The smallest absolute Gasteiger partial charge is 0.343 e. The van der Waals surface area contributed by atoms with Crippen LogP contribution in [-0.4, -0.2) is 73.3 Å². The molecule has 0 bridgehead atoms. The molecule has 2 amide bonds. The molecule has 1 aliphatic heterocycles. The molecular formula is C19H24N6O6. The summed E-state index contributed by atoms with van der Waals surface area (Å²) in [5.74, 6) is 0.146. The zero-order valence-electron chi connectivity index (χ0n) is 16.9. The van der Waals surface area contributed by atoms with E-state index >= 15 is 0 Å². The van der Waals surface area contributed by atoms with Crippen LogP contribution in [0.4, 0.5) is 0 Å². The molecule has 2 fully saturated rings. The molecule has 1 saturated heterocycles. The van der Waals surface area contributed by atoms with Gasteiger partial charge in [0.1, 0.15) is 12.4 Å². The van der Waals surface area contributed by atoms with Crippen LogP contribution >= 0.6 is 0 Å².